The number of benzene rings is 9. The molecule has 3 nitrogen and oxygen atoms in total. The number of aromatic nitrogens is 2. The number of hydrogen-bond acceptors (Lipinski definition) is 1. The van der Waals surface area contributed by atoms with Crippen LogP contribution in [0.1, 0.15) is 0 Å². The fraction of sp³-hybridized carbons (Fsp3) is 0. The highest BCUT2D eigenvalue weighted by Gasteiger charge is 2.21. The Bertz CT molecular complexity index is 3510. The van der Waals surface area contributed by atoms with Crippen molar-refractivity contribution < 1.29 is 4.42 Å². The van der Waals surface area contributed by atoms with Gasteiger partial charge in [-0.3, -0.25) is 0 Å². The van der Waals surface area contributed by atoms with Crippen LogP contribution in [0.4, 0.5) is 0 Å². The van der Waals surface area contributed by atoms with Gasteiger partial charge in [0.1, 0.15) is 11.2 Å². The Balaban J connectivity index is 1.04. The molecule has 0 saturated carbocycles. The summed E-state index contributed by atoms with van der Waals surface area (Å²) in [6.07, 6.45) is 0. The van der Waals surface area contributed by atoms with Crippen molar-refractivity contribution in [3.05, 3.63) is 206 Å². The summed E-state index contributed by atoms with van der Waals surface area (Å²) >= 11 is 0. The second kappa shape index (κ2) is 12.5. The normalized spacial score (nSPS) is 11.9. The lowest BCUT2D eigenvalue weighted by Gasteiger charge is -2.14. The Morgan fingerprint density at radius 2 is 0.807 bits per heavy atom. The molecule has 57 heavy (non-hydrogen) atoms. The predicted molar refractivity (Wildman–Crippen MR) is 239 cm³/mol. The number of furan rings is 1. The van der Waals surface area contributed by atoms with Crippen LogP contribution in [0.2, 0.25) is 0 Å². The van der Waals surface area contributed by atoms with Crippen LogP contribution < -0.4 is 0 Å². The molecule has 0 unspecified atom stereocenters. The second-order valence-corrected chi connectivity index (χ2v) is 14.9. The van der Waals surface area contributed by atoms with Gasteiger partial charge in [-0.1, -0.05) is 146 Å². The van der Waals surface area contributed by atoms with E-state index in [2.05, 4.69) is 203 Å². The molecule has 0 radical (unpaired) electrons. The summed E-state index contributed by atoms with van der Waals surface area (Å²) in [6.45, 7) is 0. The SMILES string of the molecule is c1ccc(-c2ccc(-c3cccc(-c4ccc5c(c4)c4ccccc4n5-c4cccc5c6ccccc6n(-c6ccc7oc8ccccc8c7c6)c45)c3)cc2)cc1. The van der Waals surface area contributed by atoms with Crippen molar-refractivity contribution in [3.63, 3.8) is 0 Å². The van der Waals surface area contributed by atoms with Gasteiger partial charge in [0, 0.05) is 38.0 Å². The van der Waals surface area contributed by atoms with Gasteiger partial charge >= 0.3 is 0 Å². The molecule has 0 aliphatic rings. The Morgan fingerprint density at radius 1 is 0.281 bits per heavy atom. The number of hydrogen-bond donors (Lipinski definition) is 0. The van der Waals surface area contributed by atoms with E-state index in [0.29, 0.717) is 0 Å². The summed E-state index contributed by atoms with van der Waals surface area (Å²) in [5.74, 6) is 0. The third-order valence-electron chi connectivity index (χ3n) is 11.7. The van der Waals surface area contributed by atoms with Crippen LogP contribution in [0.15, 0.2) is 211 Å². The van der Waals surface area contributed by atoms with Crippen molar-refractivity contribution in [2.45, 2.75) is 0 Å². The lowest BCUT2D eigenvalue weighted by Crippen LogP contribution is -2.00. The van der Waals surface area contributed by atoms with E-state index in [9.17, 15) is 0 Å². The van der Waals surface area contributed by atoms with Crippen LogP contribution in [0, 0.1) is 0 Å². The van der Waals surface area contributed by atoms with Gasteiger partial charge in [-0.15, -0.1) is 0 Å². The van der Waals surface area contributed by atoms with E-state index in [0.717, 1.165) is 33.3 Å². The minimum absolute atomic E-state index is 0.894. The highest BCUT2D eigenvalue weighted by atomic mass is 16.3. The zero-order chi connectivity index (χ0) is 37.5. The van der Waals surface area contributed by atoms with Crippen molar-refractivity contribution in [1.29, 1.82) is 0 Å². The standard InChI is InChI=1S/C54H34N2O/c1-2-12-35(13-3-1)36-24-26-37(27-25-36)38-14-10-15-39(32-38)40-28-30-50-46(33-40)43-17-5-8-21-49(43)56(50)51-22-11-19-45-42-16-4-7-20-48(42)55(54(45)51)41-29-31-53-47(34-41)44-18-6-9-23-52(44)57-53/h1-34H. The summed E-state index contributed by atoms with van der Waals surface area (Å²) < 4.78 is 11.2. The number of para-hydroxylation sites is 4. The Kier molecular flexibility index (Phi) is 6.93. The first-order valence-electron chi connectivity index (χ1n) is 19.5. The zero-order valence-electron chi connectivity index (χ0n) is 30.9. The molecule has 0 fully saturated rings. The topological polar surface area (TPSA) is 23.0 Å². The molecule has 9 aromatic carbocycles. The van der Waals surface area contributed by atoms with Crippen LogP contribution in [-0.2, 0) is 0 Å². The maximum atomic E-state index is 6.26. The molecule has 0 aliphatic heterocycles. The third-order valence-corrected chi connectivity index (χ3v) is 11.7. The molecule has 12 aromatic rings. The lowest BCUT2D eigenvalue weighted by atomic mass is 9.96. The summed E-state index contributed by atoms with van der Waals surface area (Å²) in [4.78, 5) is 0. The first kappa shape index (κ1) is 31.7. The van der Waals surface area contributed by atoms with Gasteiger partial charge in [0.2, 0.25) is 0 Å². The Hall–Kier alpha value is -7.62. The highest BCUT2D eigenvalue weighted by molar-refractivity contribution is 6.16. The fourth-order valence-electron chi connectivity index (χ4n) is 9.08. The average Bonchev–Trinajstić information content (AvgIpc) is 3.94. The maximum Gasteiger partial charge on any atom is 0.135 e. The van der Waals surface area contributed by atoms with Crippen molar-refractivity contribution >= 4 is 65.6 Å². The smallest absolute Gasteiger partial charge is 0.135 e. The monoisotopic (exact) mass is 726 g/mol. The average molecular weight is 727 g/mol. The Morgan fingerprint density at radius 3 is 1.61 bits per heavy atom. The van der Waals surface area contributed by atoms with E-state index in [4.69, 9.17) is 4.42 Å². The predicted octanol–water partition coefficient (Wildman–Crippen LogP) is 14.8. The van der Waals surface area contributed by atoms with Gasteiger partial charge < -0.3 is 13.6 Å². The summed E-state index contributed by atoms with van der Waals surface area (Å²) in [5.41, 5.74) is 16.0. The van der Waals surface area contributed by atoms with Crippen LogP contribution in [-0.4, -0.2) is 9.13 Å². The zero-order valence-corrected chi connectivity index (χ0v) is 30.9. The van der Waals surface area contributed by atoms with E-state index in [1.54, 1.807) is 0 Å². The van der Waals surface area contributed by atoms with Crippen LogP contribution in [0.5, 0.6) is 0 Å². The van der Waals surface area contributed by atoms with Crippen LogP contribution in [0.3, 0.4) is 0 Å². The molecule has 3 heterocycles. The van der Waals surface area contributed by atoms with Gasteiger partial charge in [-0.2, -0.15) is 0 Å². The van der Waals surface area contributed by atoms with Gasteiger partial charge in [0.25, 0.3) is 0 Å². The lowest BCUT2D eigenvalue weighted by molar-refractivity contribution is 0.669. The Labute approximate surface area is 328 Å². The molecule has 0 bridgehead atoms. The highest BCUT2D eigenvalue weighted by Crippen LogP contribution is 2.42. The largest absolute Gasteiger partial charge is 0.456 e. The van der Waals surface area contributed by atoms with E-state index in [1.807, 2.05) is 12.1 Å². The molecule has 0 amide bonds. The van der Waals surface area contributed by atoms with Gasteiger partial charge in [0.05, 0.1) is 27.8 Å². The maximum absolute atomic E-state index is 6.26. The minimum atomic E-state index is 0.894. The van der Waals surface area contributed by atoms with Gasteiger partial charge in [-0.05, 0) is 94.0 Å². The first-order valence-corrected chi connectivity index (χ1v) is 19.5. The molecule has 0 spiro atoms. The van der Waals surface area contributed by atoms with E-state index in [1.165, 1.54) is 77.0 Å². The molecule has 0 N–H and O–H groups in total. The minimum Gasteiger partial charge on any atom is -0.456 e. The van der Waals surface area contributed by atoms with E-state index < -0.39 is 0 Å². The molecular formula is C54H34N2O. The number of nitrogens with zero attached hydrogens (tertiary/aromatic N) is 2. The number of fused-ring (bicyclic) bond motifs is 9. The molecule has 0 atom stereocenters. The summed E-state index contributed by atoms with van der Waals surface area (Å²) in [5, 5.41) is 7.14. The summed E-state index contributed by atoms with van der Waals surface area (Å²) in [7, 11) is 0. The van der Waals surface area contributed by atoms with Crippen molar-refractivity contribution in [2.75, 3.05) is 0 Å². The molecule has 3 aromatic heterocycles. The van der Waals surface area contributed by atoms with E-state index >= 15 is 0 Å². The van der Waals surface area contributed by atoms with Crippen molar-refractivity contribution in [3.8, 4) is 44.8 Å². The molecule has 0 saturated heterocycles. The van der Waals surface area contributed by atoms with Gasteiger partial charge in [0.15, 0.2) is 0 Å². The van der Waals surface area contributed by atoms with Crippen LogP contribution >= 0.6 is 0 Å². The molecule has 3 heteroatoms. The van der Waals surface area contributed by atoms with Gasteiger partial charge in [-0.25, -0.2) is 0 Å². The molecule has 266 valence electrons. The quantitative estimate of drug-likeness (QED) is 0.173. The summed E-state index contributed by atoms with van der Waals surface area (Å²) in [6, 6.07) is 74.5. The molecule has 0 aliphatic carbocycles. The van der Waals surface area contributed by atoms with Crippen molar-refractivity contribution in [2.24, 2.45) is 0 Å². The van der Waals surface area contributed by atoms with E-state index in [-0.39, 0.29) is 0 Å². The first-order chi connectivity index (χ1) is 28.3. The van der Waals surface area contributed by atoms with Crippen molar-refractivity contribution in [1.82, 2.24) is 9.13 Å². The molecular weight excluding hydrogens is 693 g/mol. The molecule has 12 rings (SSSR count). The second-order valence-electron chi connectivity index (χ2n) is 14.9. The van der Waals surface area contributed by atoms with Crippen LogP contribution in [0.25, 0.3) is 110 Å². The fourth-order valence-corrected chi connectivity index (χ4v) is 9.08. The third kappa shape index (κ3) is 4.92. The number of rotatable bonds is 5.